The van der Waals surface area contributed by atoms with Gasteiger partial charge >= 0.3 is 0 Å². The third-order valence-corrected chi connectivity index (χ3v) is 6.21. The summed E-state index contributed by atoms with van der Waals surface area (Å²) in [6.45, 7) is 9.59. The number of hydrogen-bond acceptors (Lipinski definition) is 7. The van der Waals surface area contributed by atoms with Gasteiger partial charge in [-0.15, -0.1) is 10.2 Å². The number of furan rings is 1. The Morgan fingerprint density at radius 2 is 1.72 bits per heavy atom. The monoisotopic (exact) mass is 530 g/mol. The van der Waals surface area contributed by atoms with Gasteiger partial charge in [0, 0.05) is 12.1 Å². The lowest BCUT2D eigenvalue weighted by Gasteiger charge is -2.41. The first kappa shape index (κ1) is 27.6. The Hall–Kier alpha value is -4.47. The minimum Gasteiger partial charge on any atom is -0.497 e. The van der Waals surface area contributed by atoms with Crippen LogP contribution in [0.4, 0.5) is 0 Å². The average molecular weight is 531 g/mol. The molecule has 1 atom stereocenters. The molecule has 10 nitrogen and oxygen atoms in total. The highest BCUT2D eigenvalue weighted by Gasteiger charge is 2.38. The number of nitrogens with zero attached hydrogens (tertiary/aromatic N) is 5. The number of aryl methyl sites for hydroxylation is 2. The second kappa shape index (κ2) is 11.5. The Morgan fingerprint density at radius 1 is 1.03 bits per heavy atom. The van der Waals surface area contributed by atoms with Crippen molar-refractivity contribution in [2.75, 3.05) is 7.11 Å². The molecule has 4 aromatic rings. The van der Waals surface area contributed by atoms with Crippen LogP contribution in [-0.2, 0) is 22.7 Å². The summed E-state index contributed by atoms with van der Waals surface area (Å²) in [5, 5.41) is 15.4. The molecule has 4 rings (SSSR count). The smallest absolute Gasteiger partial charge is 0.247 e. The van der Waals surface area contributed by atoms with E-state index in [1.807, 2.05) is 83.1 Å². The van der Waals surface area contributed by atoms with Gasteiger partial charge in [-0.2, -0.15) is 4.80 Å². The van der Waals surface area contributed by atoms with E-state index in [4.69, 9.17) is 9.15 Å². The van der Waals surface area contributed by atoms with Crippen LogP contribution in [0.2, 0.25) is 0 Å². The highest BCUT2D eigenvalue weighted by molar-refractivity contribution is 5.89. The van der Waals surface area contributed by atoms with Gasteiger partial charge in [-0.1, -0.05) is 42.0 Å². The molecule has 2 amide bonds. The highest BCUT2D eigenvalue weighted by atomic mass is 16.5. The van der Waals surface area contributed by atoms with E-state index >= 15 is 0 Å². The fraction of sp³-hybridized carbons (Fsp3) is 0.345. The molecule has 0 aliphatic rings. The maximum atomic E-state index is 13.8. The zero-order valence-electron chi connectivity index (χ0n) is 23.1. The summed E-state index contributed by atoms with van der Waals surface area (Å²) in [7, 11) is 1.61. The van der Waals surface area contributed by atoms with Crippen molar-refractivity contribution in [1.29, 1.82) is 0 Å². The summed E-state index contributed by atoms with van der Waals surface area (Å²) in [5.41, 5.74) is 1.96. The zero-order valence-corrected chi connectivity index (χ0v) is 23.1. The van der Waals surface area contributed by atoms with Crippen molar-refractivity contribution in [3.63, 3.8) is 0 Å². The zero-order chi connectivity index (χ0) is 28.2. The fourth-order valence-corrected chi connectivity index (χ4v) is 4.26. The van der Waals surface area contributed by atoms with Crippen LogP contribution in [0.25, 0.3) is 11.6 Å². The molecule has 0 radical (unpaired) electrons. The predicted molar refractivity (Wildman–Crippen MR) is 146 cm³/mol. The van der Waals surface area contributed by atoms with Crippen molar-refractivity contribution in [3.05, 3.63) is 83.1 Å². The largest absolute Gasteiger partial charge is 0.497 e. The molecular formula is C29H34N6O4. The van der Waals surface area contributed by atoms with Crippen molar-refractivity contribution in [2.45, 2.75) is 59.3 Å². The molecule has 0 saturated heterocycles. The van der Waals surface area contributed by atoms with Gasteiger partial charge < -0.3 is 19.4 Å². The number of rotatable bonds is 9. The van der Waals surface area contributed by atoms with Gasteiger partial charge in [-0.25, -0.2) is 0 Å². The third kappa shape index (κ3) is 6.70. The van der Waals surface area contributed by atoms with E-state index in [1.54, 1.807) is 24.1 Å². The molecule has 0 fully saturated rings. The normalized spacial score (nSPS) is 12.2. The molecule has 2 heterocycles. The molecule has 10 heteroatoms. The van der Waals surface area contributed by atoms with Crippen molar-refractivity contribution in [1.82, 2.24) is 30.4 Å². The lowest BCUT2D eigenvalue weighted by molar-refractivity contribution is -0.147. The molecular weight excluding hydrogens is 496 g/mol. The first-order chi connectivity index (χ1) is 18.5. The molecule has 0 bridgehead atoms. The highest BCUT2D eigenvalue weighted by Crippen LogP contribution is 2.30. The quantitative estimate of drug-likeness (QED) is 0.344. The molecule has 0 aliphatic carbocycles. The van der Waals surface area contributed by atoms with Gasteiger partial charge in [0.2, 0.25) is 17.6 Å². The van der Waals surface area contributed by atoms with Gasteiger partial charge in [0.1, 0.15) is 24.1 Å². The summed E-state index contributed by atoms with van der Waals surface area (Å²) in [5.74, 6) is 1.58. The van der Waals surface area contributed by atoms with E-state index in [2.05, 4.69) is 20.7 Å². The van der Waals surface area contributed by atoms with E-state index in [-0.39, 0.29) is 24.2 Å². The van der Waals surface area contributed by atoms with Crippen molar-refractivity contribution >= 4 is 11.8 Å². The van der Waals surface area contributed by atoms with Gasteiger partial charge in [0.25, 0.3) is 0 Å². The Kier molecular flexibility index (Phi) is 8.13. The van der Waals surface area contributed by atoms with Gasteiger partial charge in [-0.3, -0.25) is 9.59 Å². The molecule has 2 aromatic heterocycles. The van der Waals surface area contributed by atoms with Crippen LogP contribution in [0, 0.1) is 13.8 Å². The van der Waals surface area contributed by atoms with E-state index in [9.17, 15) is 9.59 Å². The minimum absolute atomic E-state index is 0.196. The van der Waals surface area contributed by atoms with Crippen molar-refractivity contribution in [2.24, 2.45) is 0 Å². The Morgan fingerprint density at radius 3 is 2.31 bits per heavy atom. The summed E-state index contributed by atoms with van der Waals surface area (Å²) >= 11 is 0. The number of aromatic nitrogens is 4. The van der Waals surface area contributed by atoms with Crippen molar-refractivity contribution < 1.29 is 18.7 Å². The fourth-order valence-electron chi connectivity index (χ4n) is 4.26. The predicted octanol–water partition coefficient (Wildman–Crippen LogP) is 4.24. The molecule has 0 saturated carbocycles. The Balaban J connectivity index is 1.61. The van der Waals surface area contributed by atoms with Crippen LogP contribution in [0.5, 0.6) is 5.75 Å². The molecule has 1 unspecified atom stereocenters. The van der Waals surface area contributed by atoms with Crippen LogP contribution in [0.15, 0.2) is 65.1 Å². The summed E-state index contributed by atoms with van der Waals surface area (Å²) in [4.78, 5) is 30.4. The van der Waals surface area contributed by atoms with E-state index in [0.29, 0.717) is 17.9 Å². The van der Waals surface area contributed by atoms with E-state index in [1.165, 1.54) is 4.80 Å². The number of carbonyl (C=O) groups excluding carboxylic acids is 2. The Bertz CT molecular complexity index is 1420. The molecule has 39 heavy (non-hydrogen) atoms. The van der Waals surface area contributed by atoms with Crippen LogP contribution in [0.3, 0.4) is 0 Å². The van der Waals surface area contributed by atoms with Crippen LogP contribution in [0.1, 0.15) is 49.3 Å². The summed E-state index contributed by atoms with van der Waals surface area (Å²) < 4.78 is 10.8. The van der Waals surface area contributed by atoms with E-state index < -0.39 is 11.6 Å². The number of carbonyl (C=O) groups is 2. The van der Waals surface area contributed by atoms with Crippen LogP contribution < -0.4 is 10.1 Å². The van der Waals surface area contributed by atoms with Gasteiger partial charge in [-0.05, 0) is 75.2 Å². The first-order valence-corrected chi connectivity index (χ1v) is 12.7. The maximum absolute atomic E-state index is 13.8. The number of nitrogens with one attached hydrogen (secondary N) is 1. The molecule has 204 valence electrons. The second-order valence-corrected chi connectivity index (χ2v) is 10.4. The summed E-state index contributed by atoms with van der Waals surface area (Å²) in [6, 6.07) is 17.8. The molecule has 2 aromatic carbocycles. The van der Waals surface area contributed by atoms with Gasteiger partial charge in [0.05, 0.1) is 7.11 Å². The lowest BCUT2D eigenvalue weighted by Crippen LogP contribution is -2.53. The topological polar surface area (TPSA) is 115 Å². The van der Waals surface area contributed by atoms with Crippen molar-refractivity contribution in [3.8, 4) is 17.3 Å². The number of tetrazole rings is 1. The molecule has 1 N–H and O–H groups in total. The third-order valence-electron chi connectivity index (χ3n) is 6.21. The number of ether oxygens (including phenoxy) is 1. The summed E-state index contributed by atoms with van der Waals surface area (Å²) in [6.07, 6.45) is 0. The second-order valence-electron chi connectivity index (χ2n) is 10.4. The number of amides is 2. The number of benzene rings is 2. The SMILES string of the molecule is COc1ccc(CNC(=O)C(c2ccc(C)cc2)N(C(=O)Cn2nnc(-c3ccc(C)o3)n2)C(C)(C)C)cc1. The Labute approximate surface area is 228 Å². The average Bonchev–Trinajstić information content (AvgIpc) is 3.54. The number of hydrogen-bond donors (Lipinski definition) is 1. The van der Waals surface area contributed by atoms with E-state index in [0.717, 1.165) is 22.6 Å². The minimum atomic E-state index is -0.882. The standard InChI is InChI=1S/C29H34N6O4/c1-19-7-12-22(13-8-19)26(28(37)30-17-21-10-14-23(38-6)15-11-21)35(29(3,4)5)25(36)18-34-32-27(31-33-34)24-16-9-20(2)39-24/h7-16,26H,17-18H2,1-6H3,(H,30,37). The first-order valence-electron chi connectivity index (χ1n) is 12.7. The number of methoxy groups -OCH3 is 1. The molecule has 0 aliphatic heterocycles. The van der Waals surface area contributed by atoms with Crippen LogP contribution in [-0.4, -0.2) is 49.6 Å². The maximum Gasteiger partial charge on any atom is 0.247 e. The van der Waals surface area contributed by atoms with Crippen LogP contribution >= 0.6 is 0 Å². The molecule has 0 spiro atoms. The van der Waals surface area contributed by atoms with Gasteiger partial charge in [0.15, 0.2) is 5.76 Å². The lowest BCUT2D eigenvalue weighted by atomic mass is 9.96.